The first-order valence-corrected chi connectivity index (χ1v) is 8.11. The average Bonchev–Trinajstić information content (AvgIpc) is 2.88. The Morgan fingerprint density at radius 3 is 3.00 bits per heavy atom. The van der Waals surface area contributed by atoms with Crippen molar-refractivity contribution in [2.24, 2.45) is 5.92 Å². The van der Waals surface area contributed by atoms with E-state index in [1.807, 2.05) is 6.07 Å². The molecule has 116 valence electrons. The second-order valence-corrected chi connectivity index (χ2v) is 6.84. The first-order valence-electron chi connectivity index (χ1n) is 8.11. The first kappa shape index (κ1) is 13.0. The van der Waals surface area contributed by atoms with Gasteiger partial charge in [-0.25, -0.2) is 0 Å². The molecule has 1 saturated heterocycles. The minimum Gasteiger partial charge on any atom is -0.493 e. The monoisotopic (exact) mass is 299 g/mol. The van der Waals surface area contributed by atoms with E-state index in [0.29, 0.717) is 12.0 Å². The fraction of sp³-hybridized carbons (Fsp3) is 0.556. The summed E-state index contributed by atoms with van der Waals surface area (Å²) >= 11 is 0. The lowest BCUT2D eigenvalue weighted by molar-refractivity contribution is -0.0362. The molecule has 0 saturated carbocycles. The Hall–Kier alpha value is -1.52. The minimum atomic E-state index is 0.0121. The van der Waals surface area contributed by atoms with Crippen LogP contribution in [0.15, 0.2) is 24.3 Å². The van der Waals surface area contributed by atoms with Gasteiger partial charge in [-0.05, 0) is 31.0 Å². The maximum absolute atomic E-state index is 6.48. The van der Waals surface area contributed by atoms with Crippen molar-refractivity contribution >= 4 is 0 Å². The van der Waals surface area contributed by atoms with Gasteiger partial charge in [-0.15, -0.1) is 0 Å². The van der Waals surface area contributed by atoms with Crippen molar-refractivity contribution in [3.05, 3.63) is 35.4 Å². The number of nitrogens with one attached hydrogen (secondary N) is 1. The number of ether oxygens (including phenoxy) is 3. The Bertz CT molecular complexity index is 671. The van der Waals surface area contributed by atoms with Gasteiger partial charge < -0.3 is 19.5 Å². The molecule has 4 nitrogen and oxygen atoms in total. The molecule has 2 bridgehead atoms. The Morgan fingerprint density at radius 1 is 1.27 bits per heavy atom. The van der Waals surface area contributed by atoms with Gasteiger partial charge in [0.05, 0.1) is 7.11 Å². The fourth-order valence-electron chi connectivity index (χ4n) is 5.31. The summed E-state index contributed by atoms with van der Waals surface area (Å²) in [7, 11) is 3.50. The maximum atomic E-state index is 6.48. The predicted octanol–water partition coefficient (Wildman–Crippen LogP) is 1.81. The highest BCUT2D eigenvalue weighted by atomic mass is 16.6. The van der Waals surface area contributed by atoms with E-state index in [-0.39, 0.29) is 17.6 Å². The third-order valence-corrected chi connectivity index (χ3v) is 6.14. The Kier molecular flexibility index (Phi) is 2.52. The molecular weight excluding hydrogens is 278 g/mol. The lowest BCUT2D eigenvalue weighted by Gasteiger charge is -2.54. The molecule has 22 heavy (non-hydrogen) atoms. The Balaban J connectivity index is 1.81. The summed E-state index contributed by atoms with van der Waals surface area (Å²) in [4.78, 5) is 0. The number of piperidine rings is 1. The van der Waals surface area contributed by atoms with E-state index in [1.54, 1.807) is 14.2 Å². The largest absolute Gasteiger partial charge is 0.493 e. The third kappa shape index (κ3) is 1.32. The van der Waals surface area contributed by atoms with Gasteiger partial charge in [-0.3, -0.25) is 0 Å². The van der Waals surface area contributed by atoms with Crippen LogP contribution in [0.2, 0.25) is 0 Å². The first-order chi connectivity index (χ1) is 10.8. The van der Waals surface area contributed by atoms with Crippen molar-refractivity contribution in [1.29, 1.82) is 0 Å². The van der Waals surface area contributed by atoms with Crippen molar-refractivity contribution in [3.63, 3.8) is 0 Å². The number of benzene rings is 1. The lowest BCUT2D eigenvalue weighted by atomic mass is 9.53. The normalized spacial score (nSPS) is 40.1. The predicted molar refractivity (Wildman–Crippen MR) is 82.6 cm³/mol. The molecule has 1 spiro atoms. The molecule has 0 amide bonds. The molecule has 2 heterocycles. The number of hydrogen-bond donors (Lipinski definition) is 1. The highest BCUT2D eigenvalue weighted by Gasteiger charge is 2.63. The van der Waals surface area contributed by atoms with Crippen LogP contribution in [0.3, 0.4) is 0 Å². The highest BCUT2D eigenvalue weighted by molar-refractivity contribution is 5.62. The van der Waals surface area contributed by atoms with Gasteiger partial charge in [0.15, 0.2) is 11.5 Å². The van der Waals surface area contributed by atoms with Crippen molar-refractivity contribution < 1.29 is 14.2 Å². The molecule has 0 aromatic heterocycles. The van der Waals surface area contributed by atoms with Crippen LogP contribution in [0.5, 0.6) is 11.5 Å². The van der Waals surface area contributed by atoms with Crippen LogP contribution in [-0.2, 0) is 16.6 Å². The highest BCUT2D eigenvalue weighted by Crippen LogP contribution is 2.61. The smallest absolute Gasteiger partial charge is 0.165 e. The zero-order valence-electron chi connectivity index (χ0n) is 13.0. The summed E-state index contributed by atoms with van der Waals surface area (Å²) in [5, 5.41) is 3.71. The topological polar surface area (TPSA) is 39.7 Å². The van der Waals surface area contributed by atoms with Gasteiger partial charge in [0.25, 0.3) is 0 Å². The van der Waals surface area contributed by atoms with Crippen LogP contribution in [0, 0.1) is 5.92 Å². The Labute approximate surface area is 130 Å². The SMILES string of the molecule is COc1ccc2c3c1O[C@H]1[C@@H](OC)C=C[C@H]4[C@@H](C2)NCC[C@@]341. The molecule has 1 aromatic rings. The van der Waals surface area contributed by atoms with E-state index in [1.165, 1.54) is 11.1 Å². The summed E-state index contributed by atoms with van der Waals surface area (Å²) in [6, 6.07) is 4.77. The molecule has 4 aliphatic rings. The lowest BCUT2D eigenvalue weighted by Crippen LogP contribution is -2.64. The molecule has 0 radical (unpaired) electrons. The van der Waals surface area contributed by atoms with Crippen LogP contribution in [0.1, 0.15) is 17.5 Å². The molecule has 5 atom stereocenters. The van der Waals surface area contributed by atoms with Gasteiger partial charge in [0.1, 0.15) is 12.2 Å². The van der Waals surface area contributed by atoms with Crippen LogP contribution in [0.4, 0.5) is 0 Å². The van der Waals surface area contributed by atoms with Crippen LogP contribution < -0.4 is 14.8 Å². The summed E-state index contributed by atoms with van der Waals surface area (Å²) in [5.41, 5.74) is 2.85. The maximum Gasteiger partial charge on any atom is 0.165 e. The van der Waals surface area contributed by atoms with E-state index in [2.05, 4.69) is 23.5 Å². The van der Waals surface area contributed by atoms with Crippen molar-refractivity contribution in [2.45, 2.75) is 36.5 Å². The minimum absolute atomic E-state index is 0.0121. The molecule has 1 N–H and O–H groups in total. The summed E-state index contributed by atoms with van der Waals surface area (Å²) in [6.45, 7) is 1.04. The molecule has 2 aliphatic carbocycles. The van der Waals surface area contributed by atoms with Crippen molar-refractivity contribution in [2.75, 3.05) is 20.8 Å². The Morgan fingerprint density at radius 2 is 2.18 bits per heavy atom. The van der Waals surface area contributed by atoms with Gasteiger partial charge in [-0.2, -0.15) is 0 Å². The molecule has 4 heteroatoms. The van der Waals surface area contributed by atoms with E-state index in [4.69, 9.17) is 14.2 Å². The van der Waals surface area contributed by atoms with Gasteiger partial charge in [0, 0.05) is 30.0 Å². The van der Waals surface area contributed by atoms with Crippen LogP contribution in [-0.4, -0.2) is 39.0 Å². The average molecular weight is 299 g/mol. The molecule has 0 unspecified atom stereocenters. The fourth-order valence-corrected chi connectivity index (χ4v) is 5.31. The zero-order valence-corrected chi connectivity index (χ0v) is 13.0. The summed E-state index contributed by atoms with van der Waals surface area (Å²) < 4.78 is 17.8. The molecular formula is C18H21NO3. The third-order valence-electron chi connectivity index (χ3n) is 6.14. The summed E-state index contributed by atoms with van der Waals surface area (Å²) in [6.07, 6.45) is 6.78. The summed E-state index contributed by atoms with van der Waals surface area (Å²) in [5.74, 6) is 2.30. The van der Waals surface area contributed by atoms with Crippen LogP contribution >= 0.6 is 0 Å². The van der Waals surface area contributed by atoms with Crippen LogP contribution in [0.25, 0.3) is 0 Å². The number of hydrogen-bond acceptors (Lipinski definition) is 4. The molecule has 2 aliphatic heterocycles. The second kappa shape index (κ2) is 4.27. The van der Waals surface area contributed by atoms with E-state index < -0.39 is 0 Å². The zero-order chi connectivity index (χ0) is 14.9. The molecule has 5 rings (SSSR count). The second-order valence-electron chi connectivity index (χ2n) is 6.84. The number of rotatable bonds is 2. The molecule has 1 aromatic carbocycles. The van der Waals surface area contributed by atoms with E-state index in [9.17, 15) is 0 Å². The van der Waals surface area contributed by atoms with E-state index in [0.717, 1.165) is 30.9 Å². The van der Waals surface area contributed by atoms with Crippen molar-refractivity contribution in [1.82, 2.24) is 5.32 Å². The quantitative estimate of drug-likeness (QED) is 0.846. The van der Waals surface area contributed by atoms with Gasteiger partial charge in [-0.1, -0.05) is 18.2 Å². The number of methoxy groups -OCH3 is 2. The standard InChI is InChI=1S/C18H21NO3/c1-20-13-5-3-10-9-12-11-4-6-14(21-2)17-18(11,7-8-19-12)15(10)16(13)22-17/h3-6,11-12,14,17,19H,7-9H2,1-2H3/t11-,12+,14-,17-,18-/m0/s1. The van der Waals surface area contributed by atoms with Gasteiger partial charge >= 0.3 is 0 Å². The van der Waals surface area contributed by atoms with Gasteiger partial charge in [0.2, 0.25) is 0 Å². The van der Waals surface area contributed by atoms with Crippen molar-refractivity contribution in [3.8, 4) is 11.5 Å². The van der Waals surface area contributed by atoms with E-state index >= 15 is 0 Å². The molecule has 1 fully saturated rings.